The van der Waals surface area contributed by atoms with E-state index in [1.165, 1.54) is 30.4 Å². The second kappa shape index (κ2) is 8.67. The van der Waals surface area contributed by atoms with Gasteiger partial charge in [0.2, 0.25) is 0 Å². The van der Waals surface area contributed by atoms with Gasteiger partial charge in [0, 0.05) is 17.2 Å². The van der Waals surface area contributed by atoms with Crippen LogP contribution >= 0.6 is 0 Å². The molecule has 0 saturated heterocycles. The van der Waals surface area contributed by atoms with E-state index < -0.39 is 11.9 Å². The molecule has 29 heavy (non-hydrogen) atoms. The summed E-state index contributed by atoms with van der Waals surface area (Å²) < 4.78 is 5.67. The van der Waals surface area contributed by atoms with Gasteiger partial charge < -0.3 is 14.6 Å². The average Bonchev–Trinajstić information content (AvgIpc) is 3.20. The molecule has 0 saturated carbocycles. The second-order valence-electron chi connectivity index (χ2n) is 6.08. The van der Waals surface area contributed by atoms with Gasteiger partial charge in [-0.15, -0.1) is 0 Å². The van der Waals surface area contributed by atoms with Crippen molar-refractivity contribution in [3.05, 3.63) is 95.3 Å². The van der Waals surface area contributed by atoms with E-state index in [1.54, 1.807) is 48.5 Å². The third kappa shape index (κ3) is 5.17. The molecule has 0 aliphatic carbocycles. The summed E-state index contributed by atoms with van der Waals surface area (Å²) >= 11 is 0. The molecule has 3 aromatic rings. The number of carboxylic acids is 2. The summed E-state index contributed by atoms with van der Waals surface area (Å²) in [6.07, 6.45) is 5.37. The number of hydrogen-bond donors (Lipinski definition) is 2. The number of carbonyl (C=O) groups is 3. The van der Waals surface area contributed by atoms with E-state index in [9.17, 15) is 14.4 Å². The zero-order valence-electron chi connectivity index (χ0n) is 15.1. The minimum atomic E-state index is -1.04. The number of carboxylic acid groups (broad SMARTS) is 2. The number of hydrogen-bond acceptors (Lipinski definition) is 4. The highest BCUT2D eigenvalue weighted by molar-refractivity contribution is 6.06. The molecular formula is C23H16O6. The molecule has 6 nitrogen and oxygen atoms in total. The molecule has 2 aromatic carbocycles. The van der Waals surface area contributed by atoms with Crippen LogP contribution in [0.2, 0.25) is 0 Å². The minimum Gasteiger partial charge on any atom is -0.478 e. The first-order valence-electron chi connectivity index (χ1n) is 8.59. The normalized spacial score (nSPS) is 11.2. The van der Waals surface area contributed by atoms with E-state index in [0.29, 0.717) is 28.2 Å². The molecule has 0 atom stereocenters. The molecule has 144 valence electrons. The minimum absolute atomic E-state index is 0.160. The fourth-order valence-electron chi connectivity index (χ4n) is 2.58. The van der Waals surface area contributed by atoms with Crippen molar-refractivity contribution in [2.45, 2.75) is 0 Å². The van der Waals surface area contributed by atoms with Crippen LogP contribution in [-0.4, -0.2) is 27.9 Å². The molecule has 0 aliphatic rings. The maximum Gasteiger partial charge on any atom is 0.335 e. The van der Waals surface area contributed by atoms with Crippen LogP contribution in [0, 0.1) is 0 Å². The Morgan fingerprint density at radius 3 is 2.24 bits per heavy atom. The number of aromatic carboxylic acids is 1. The lowest BCUT2D eigenvalue weighted by molar-refractivity contribution is -0.131. The number of benzene rings is 2. The maximum absolute atomic E-state index is 12.3. The van der Waals surface area contributed by atoms with Gasteiger partial charge in [-0.25, -0.2) is 9.59 Å². The van der Waals surface area contributed by atoms with Gasteiger partial charge in [-0.2, -0.15) is 0 Å². The SMILES string of the molecule is O=C(O)/C=C/c1ccc(C(=O)/C=C/c2ccc(-c3cccc(C(=O)O)c3)o2)cc1. The lowest BCUT2D eigenvalue weighted by Crippen LogP contribution is -1.95. The molecule has 3 rings (SSSR count). The Morgan fingerprint density at radius 1 is 0.793 bits per heavy atom. The van der Waals surface area contributed by atoms with Crippen molar-refractivity contribution in [1.82, 2.24) is 0 Å². The lowest BCUT2D eigenvalue weighted by atomic mass is 10.1. The first-order valence-corrected chi connectivity index (χ1v) is 8.59. The summed E-state index contributed by atoms with van der Waals surface area (Å²) in [6, 6.07) is 16.3. The van der Waals surface area contributed by atoms with Gasteiger partial charge in [0.25, 0.3) is 0 Å². The van der Waals surface area contributed by atoms with Gasteiger partial charge >= 0.3 is 11.9 Å². The standard InChI is InChI=1S/C23H16O6/c24-20(16-7-4-15(5-8-16)6-13-22(25)26)11-9-19-10-12-21(29-19)17-2-1-3-18(14-17)23(27)28/h1-14H,(H,25,26)(H,27,28)/b11-9+,13-6+. The summed E-state index contributed by atoms with van der Waals surface area (Å²) in [6.45, 7) is 0. The average molecular weight is 388 g/mol. The van der Waals surface area contributed by atoms with Gasteiger partial charge in [0.05, 0.1) is 5.56 Å². The van der Waals surface area contributed by atoms with Gasteiger partial charge in [0.1, 0.15) is 11.5 Å². The fourth-order valence-corrected chi connectivity index (χ4v) is 2.58. The second-order valence-corrected chi connectivity index (χ2v) is 6.08. The first-order chi connectivity index (χ1) is 13.9. The molecule has 0 aliphatic heterocycles. The number of carbonyl (C=O) groups excluding carboxylic acids is 1. The van der Waals surface area contributed by atoms with Crippen LogP contribution in [0.3, 0.4) is 0 Å². The van der Waals surface area contributed by atoms with Crippen molar-refractivity contribution < 1.29 is 29.0 Å². The Labute approximate surface area is 166 Å². The third-order valence-corrected chi connectivity index (χ3v) is 4.03. The predicted octanol–water partition coefficient (Wildman–Crippen LogP) is 4.64. The molecule has 2 N–H and O–H groups in total. The molecule has 6 heteroatoms. The number of allylic oxidation sites excluding steroid dienone is 1. The highest BCUT2D eigenvalue weighted by Crippen LogP contribution is 2.24. The zero-order valence-corrected chi connectivity index (χ0v) is 15.1. The van der Waals surface area contributed by atoms with Crippen LogP contribution in [0.15, 0.2) is 77.2 Å². The Morgan fingerprint density at radius 2 is 1.55 bits per heavy atom. The number of rotatable bonds is 7. The Kier molecular flexibility index (Phi) is 5.85. The van der Waals surface area contributed by atoms with Crippen molar-refractivity contribution in [2.24, 2.45) is 0 Å². The van der Waals surface area contributed by atoms with Gasteiger partial charge in [-0.1, -0.05) is 36.4 Å². The predicted molar refractivity (Wildman–Crippen MR) is 108 cm³/mol. The van der Waals surface area contributed by atoms with Crippen LogP contribution in [0.4, 0.5) is 0 Å². The van der Waals surface area contributed by atoms with Crippen LogP contribution < -0.4 is 0 Å². The van der Waals surface area contributed by atoms with E-state index >= 15 is 0 Å². The van der Waals surface area contributed by atoms with Gasteiger partial charge in [-0.05, 0) is 48.1 Å². The monoisotopic (exact) mass is 388 g/mol. The Bertz CT molecular complexity index is 1120. The van der Waals surface area contributed by atoms with E-state index in [4.69, 9.17) is 14.6 Å². The van der Waals surface area contributed by atoms with Crippen molar-refractivity contribution in [3.63, 3.8) is 0 Å². The molecule has 0 fully saturated rings. The molecule has 0 spiro atoms. The van der Waals surface area contributed by atoms with E-state index in [1.807, 2.05) is 0 Å². The summed E-state index contributed by atoms with van der Waals surface area (Å²) in [7, 11) is 0. The van der Waals surface area contributed by atoms with Gasteiger partial charge in [0.15, 0.2) is 5.78 Å². The number of ketones is 1. The quantitative estimate of drug-likeness (QED) is 0.451. The largest absolute Gasteiger partial charge is 0.478 e. The van der Waals surface area contributed by atoms with Crippen LogP contribution in [0.1, 0.15) is 32.0 Å². The highest BCUT2D eigenvalue weighted by Gasteiger charge is 2.08. The Balaban J connectivity index is 1.70. The maximum atomic E-state index is 12.3. The first kappa shape index (κ1) is 19.6. The van der Waals surface area contributed by atoms with Crippen molar-refractivity contribution in [2.75, 3.05) is 0 Å². The fraction of sp³-hybridized carbons (Fsp3) is 0. The Hall–Kier alpha value is -4.19. The van der Waals surface area contributed by atoms with Crippen LogP contribution in [-0.2, 0) is 4.79 Å². The summed E-state index contributed by atoms with van der Waals surface area (Å²) in [5.41, 5.74) is 1.91. The van der Waals surface area contributed by atoms with E-state index in [-0.39, 0.29) is 11.3 Å². The van der Waals surface area contributed by atoms with E-state index in [0.717, 1.165) is 6.08 Å². The summed E-state index contributed by atoms with van der Waals surface area (Å²) in [5.74, 6) is -1.34. The van der Waals surface area contributed by atoms with Crippen molar-refractivity contribution in [3.8, 4) is 11.3 Å². The molecule has 1 heterocycles. The van der Waals surface area contributed by atoms with Crippen molar-refractivity contribution >= 4 is 29.9 Å². The van der Waals surface area contributed by atoms with E-state index in [2.05, 4.69) is 0 Å². The molecule has 0 unspecified atom stereocenters. The molecule has 0 bridgehead atoms. The summed E-state index contributed by atoms with van der Waals surface area (Å²) in [5, 5.41) is 17.7. The molecule has 0 amide bonds. The van der Waals surface area contributed by atoms with Crippen molar-refractivity contribution in [1.29, 1.82) is 0 Å². The topological polar surface area (TPSA) is 105 Å². The molecular weight excluding hydrogens is 372 g/mol. The smallest absolute Gasteiger partial charge is 0.335 e. The molecule has 0 radical (unpaired) electrons. The number of furan rings is 1. The third-order valence-electron chi connectivity index (χ3n) is 4.03. The molecule has 1 aromatic heterocycles. The number of aliphatic carboxylic acids is 1. The van der Waals surface area contributed by atoms with Crippen LogP contribution in [0.25, 0.3) is 23.5 Å². The zero-order chi connectivity index (χ0) is 20.8. The lowest BCUT2D eigenvalue weighted by Gasteiger charge is -1.99. The van der Waals surface area contributed by atoms with Crippen LogP contribution in [0.5, 0.6) is 0 Å². The summed E-state index contributed by atoms with van der Waals surface area (Å²) in [4.78, 5) is 33.9. The van der Waals surface area contributed by atoms with Gasteiger partial charge in [-0.3, -0.25) is 4.79 Å². The highest BCUT2D eigenvalue weighted by atomic mass is 16.4.